The van der Waals surface area contributed by atoms with Gasteiger partial charge in [0.25, 0.3) is 17.4 Å². The molecule has 0 saturated carbocycles. The van der Waals surface area contributed by atoms with Gasteiger partial charge in [0.2, 0.25) is 0 Å². The lowest BCUT2D eigenvalue weighted by atomic mass is 9.99. The minimum absolute atomic E-state index is 0.429. The highest BCUT2D eigenvalue weighted by Crippen LogP contribution is 2.38. The maximum atomic E-state index is 12.8. The first-order valence-corrected chi connectivity index (χ1v) is 8.25. The number of likely N-dealkylation sites (N-methyl/N-ethyl adjacent to an activating group) is 1. The van der Waals surface area contributed by atoms with Gasteiger partial charge >= 0.3 is 0 Å². The van der Waals surface area contributed by atoms with E-state index < -0.39 is 17.4 Å². The highest BCUT2D eigenvalue weighted by Gasteiger charge is 2.49. The molecule has 1 atom stereocenters. The van der Waals surface area contributed by atoms with Crippen LogP contribution < -0.4 is 15.0 Å². The van der Waals surface area contributed by atoms with Gasteiger partial charge in [-0.15, -0.1) is 0 Å². The van der Waals surface area contributed by atoms with Crippen LogP contribution in [-0.4, -0.2) is 24.5 Å². The normalized spacial score (nSPS) is 19.2. The molecule has 1 aliphatic rings. The van der Waals surface area contributed by atoms with Crippen molar-refractivity contribution in [3.63, 3.8) is 0 Å². The Balaban J connectivity index is 1.92. The molecule has 130 valence electrons. The van der Waals surface area contributed by atoms with Crippen LogP contribution in [0.15, 0.2) is 36.4 Å². The first-order valence-electron chi connectivity index (χ1n) is 7.88. The summed E-state index contributed by atoms with van der Waals surface area (Å²) in [6.07, 6.45) is 0. The Morgan fingerprint density at radius 2 is 1.92 bits per heavy atom. The summed E-state index contributed by atoms with van der Waals surface area (Å²) in [6.45, 7) is 5.27. The molecule has 2 amide bonds. The summed E-state index contributed by atoms with van der Waals surface area (Å²) in [6, 6.07) is 10.7. The van der Waals surface area contributed by atoms with Crippen molar-refractivity contribution < 1.29 is 14.3 Å². The van der Waals surface area contributed by atoms with Crippen LogP contribution in [-0.2, 0) is 9.59 Å². The van der Waals surface area contributed by atoms with Crippen LogP contribution in [0.4, 0.5) is 11.4 Å². The van der Waals surface area contributed by atoms with Crippen molar-refractivity contribution >= 4 is 34.8 Å². The average Bonchev–Trinajstić information content (AvgIpc) is 2.57. The monoisotopic (exact) mass is 358 g/mol. The summed E-state index contributed by atoms with van der Waals surface area (Å²) >= 11 is 6.09. The maximum Gasteiger partial charge on any atom is 0.280 e. The minimum atomic E-state index is -1.66. The van der Waals surface area contributed by atoms with Crippen LogP contribution in [0.25, 0.3) is 0 Å². The molecule has 1 heterocycles. The van der Waals surface area contributed by atoms with Gasteiger partial charge in [0.15, 0.2) is 0 Å². The molecule has 1 N–H and O–H groups in total. The molecule has 0 saturated heterocycles. The fourth-order valence-corrected chi connectivity index (χ4v) is 2.91. The summed E-state index contributed by atoms with van der Waals surface area (Å²) in [5, 5.41) is 3.26. The van der Waals surface area contributed by atoms with Gasteiger partial charge in [-0.1, -0.05) is 23.7 Å². The number of anilines is 2. The fraction of sp³-hybridized carbons (Fsp3) is 0.263. The molecule has 2 aromatic rings. The maximum absolute atomic E-state index is 12.8. The Morgan fingerprint density at radius 3 is 2.60 bits per heavy atom. The van der Waals surface area contributed by atoms with Gasteiger partial charge in [-0.2, -0.15) is 0 Å². The Morgan fingerprint density at radius 1 is 1.20 bits per heavy atom. The smallest absolute Gasteiger partial charge is 0.280 e. The highest BCUT2D eigenvalue weighted by molar-refractivity contribution is 6.31. The third kappa shape index (κ3) is 2.96. The molecular weight excluding hydrogens is 340 g/mol. The van der Waals surface area contributed by atoms with E-state index in [2.05, 4.69) is 5.32 Å². The van der Waals surface area contributed by atoms with E-state index in [1.54, 1.807) is 31.3 Å². The first kappa shape index (κ1) is 17.3. The predicted octanol–water partition coefficient (Wildman–Crippen LogP) is 3.71. The number of hydrogen-bond donors (Lipinski definition) is 1. The third-order valence-corrected chi connectivity index (χ3v) is 4.77. The van der Waals surface area contributed by atoms with E-state index in [1.807, 2.05) is 26.0 Å². The average molecular weight is 359 g/mol. The van der Waals surface area contributed by atoms with Gasteiger partial charge in [-0.05, 0) is 56.2 Å². The first-order chi connectivity index (χ1) is 11.7. The minimum Gasteiger partial charge on any atom is -0.465 e. The van der Waals surface area contributed by atoms with E-state index in [1.165, 1.54) is 11.8 Å². The number of amides is 2. The van der Waals surface area contributed by atoms with E-state index in [4.69, 9.17) is 16.3 Å². The number of aryl methyl sites for hydroxylation is 2. The quantitative estimate of drug-likeness (QED) is 0.832. The number of nitrogens with zero attached hydrogens (tertiary/aromatic N) is 1. The van der Waals surface area contributed by atoms with Gasteiger partial charge in [0, 0.05) is 17.8 Å². The summed E-state index contributed by atoms with van der Waals surface area (Å²) in [4.78, 5) is 27.0. The molecule has 0 radical (unpaired) electrons. The van der Waals surface area contributed by atoms with E-state index in [-0.39, 0.29) is 0 Å². The third-order valence-electron chi connectivity index (χ3n) is 4.37. The molecule has 25 heavy (non-hydrogen) atoms. The number of benzene rings is 2. The Hall–Kier alpha value is -2.53. The zero-order valence-electron chi connectivity index (χ0n) is 14.5. The number of ether oxygens (including phenoxy) is 1. The standard InChI is InChI=1S/C19H19ClN2O3/c1-11-5-8-16-15(9-11)22(4)18(24)19(3,25-16)17(23)21-13-7-6-12(2)14(20)10-13/h5-10H,1-4H3,(H,21,23). The second-order valence-electron chi connectivity index (χ2n) is 6.39. The largest absolute Gasteiger partial charge is 0.465 e. The topological polar surface area (TPSA) is 58.6 Å². The molecule has 3 rings (SSSR count). The summed E-state index contributed by atoms with van der Waals surface area (Å²) in [5.74, 6) is -0.482. The lowest BCUT2D eigenvalue weighted by Crippen LogP contribution is -2.59. The van der Waals surface area contributed by atoms with Gasteiger partial charge < -0.3 is 15.0 Å². The van der Waals surface area contributed by atoms with Crippen LogP contribution in [0.2, 0.25) is 5.02 Å². The van der Waals surface area contributed by atoms with Crippen molar-refractivity contribution in [3.05, 3.63) is 52.5 Å². The molecule has 0 fully saturated rings. The van der Waals surface area contributed by atoms with Crippen LogP contribution >= 0.6 is 11.6 Å². The van der Waals surface area contributed by atoms with E-state index in [0.29, 0.717) is 22.1 Å². The zero-order valence-corrected chi connectivity index (χ0v) is 15.3. The number of fused-ring (bicyclic) bond motifs is 1. The predicted molar refractivity (Wildman–Crippen MR) is 98.4 cm³/mol. The van der Waals surface area contributed by atoms with Crippen LogP contribution in [0.3, 0.4) is 0 Å². The van der Waals surface area contributed by atoms with Crippen molar-refractivity contribution in [1.82, 2.24) is 0 Å². The lowest BCUT2D eigenvalue weighted by Gasteiger charge is -2.38. The van der Waals surface area contributed by atoms with Gasteiger partial charge in [0.05, 0.1) is 5.69 Å². The number of carbonyl (C=O) groups is 2. The number of halogens is 1. The SMILES string of the molecule is Cc1ccc2c(c1)N(C)C(=O)C(C)(C(=O)Nc1ccc(C)c(Cl)c1)O2. The molecule has 0 bridgehead atoms. The van der Waals surface area contributed by atoms with Gasteiger partial charge in [-0.25, -0.2) is 0 Å². The van der Waals surface area contributed by atoms with E-state index in [0.717, 1.165) is 11.1 Å². The Labute approximate surface area is 151 Å². The number of hydrogen-bond acceptors (Lipinski definition) is 3. The molecule has 0 aromatic heterocycles. The molecule has 1 aliphatic heterocycles. The highest BCUT2D eigenvalue weighted by atomic mass is 35.5. The van der Waals surface area contributed by atoms with Crippen molar-refractivity contribution in [1.29, 1.82) is 0 Å². The van der Waals surface area contributed by atoms with Crippen LogP contribution in [0, 0.1) is 13.8 Å². The van der Waals surface area contributed by atoms with Crippen molar-refractivity contribution in [3.8, 4) is 5.75 Å². The second-order valence-corrected chi connectivity index (χ2v) is 6.80. The molecular formula is C19H19ClN2O3. The van der Waals surface area contributed by atoms with Gasteiger partial charge in [-0.3, -0.25) is 9.59 Å². The molecule has 0 spiro atoms. The van der Waals surface area contributed by atoms with Crippen molar-refractivity contribution in [2.75, 3.05) is 17.3 Å². The molecule has 5 nitrogen and oxygen atoms in total. The van der Waals surface area contributed by atoms with E-state index >= 15 is 0 Å². The number of nitrogens with one attached hydrogen (secondary N) is 1. The number of carbonyl (C=O) groups excluding carboxylic acids is 2. The van der Waals surface area contributed by atoms with Crippen molar-refractivity contribution in [2.24, 2.45) is 0 Å². The summed E-state index contributed by atoms with van der Waals surface area (Å²) in [5.41, 5.74) is 1.41. The zero-order chi connectivity index (χ0) is 18.4. The fourth-order valence-electron chi connectivity index (χ4n) is 2.73. The Bertz CT molecular complexity index is 881. The van der Waals surface area contributed by atoms with E-state index in [9.17, 15) is 9.59 Å². The molecule has 0 aliphatic carbocycles. The summed E-state index contributed by atoms with van der Waals surface area (Å²) < 4.78 is 5.81. The van der Waals surface area contributed by atoms with Crippen LogP contribution in [0.1, 0.15) is 18.1 Å². The van der Waals surface area contributed by atoms with Crippen molar-refractivity contribution in [2.45, 2.75) is 26.4 Å². The Kier molecular flexibility index (Phi) is 4.21. The summed E-state index contributed by atoms with van der Waals surface area (Å²) in [7, 11) is 1.64. The molecule has 2 aromatic carbocycles. The molecule has 6 heteroatoms. The molecule has 1 unspecified atom stereocenters. The van der Waals surface area contributed by atoms with Gasteiger partial charge in [0.1, 0.15) is 5.75 Å². The second kappa shape index (κ2) is 6.08. The lowest BCUT2D eigenvalue weighted by molar-refractivity contribution is -0.144. The van der Waals surface area contributed by atoms with Crippen LogP contribution in [0.5, 0.6) is 5.75 Å². The number of rotatable bonds is 2.